The molecule has 0 saturated heterocycles. The smallest absolute Gasteiger partial charge is 0.307 e. The third kappa shape index (κ3) is 4.33. The minimum atomic E-state index is -0.230. The third-order valence-electron chi connectivity index (χ3n) is 3.20. The highest BCUT2D eigenvalue weighted by molar-refractivity contribution is 5.68. The first-order valence-corrected chi connectivity index (χ1v) is 6.38. The largest absolute Gasteiger partial charge is 0.469 e. The van der Waals surface area contributed by atoms with E-state index in [4.69, 9.17) is 5.11 Å². The monoisotopic (exact) mass is 269 g/mol. The summed E-state index contributed by atoms with van der Waals surface area (Å²) in [5.74, 6) is -0.230. The predicted molar refractivity (Wildman–Crippen MR) is 71.8 cm³/mol. The summed E-state index contributed by atoms with van der Waals surface area (Å²) in [6.45, 7) is 6.01. The molecule has 0 aliphatic heterocycles. The van der Waals surface area contributed by atoms with Gasteiger partial charge in [-0.3, -0.25) is 14.4 Å². The molecule has 6 nitrogen and oxygen atoms in total. The van der Waals surface area contributed by atoms with Crippen LogP contribution in [0.5, 0.6) is 0 Å². The molecule has 1 aromatic heterocycles. The number of likely N-dealkylation sites (N-methyl/N-ethyl adjacent to an activating group) is 1. The first-order valence-electron chi connectivity index (χ1n) is 6.38. The topological polar surface area (TPSA) is 67.6 Å². The van der Waals surface area contributed by atoms with Gasteiger partial charge in [0.1, 0.15) is 0 Å². The third-order valence-corrected chi connectivity index (χ3v) is 3.20. The number of methoxy groups -OCH3 is 1. The van der Waals surface area contributed by atoms with Gasteiger partial charge in [-0.15, -0.1) is 0 Å². The minimum absolute atomic E-state index is 0.144. The number of aromatic nitrogens is 2. The van der Waals surface area contributed by atoms with E-state index < -0.39 is 0 Å². The maximum absolute atomic E-state index is 11.2. The number of aliphatic hydroxyl groups is 1. The Bertz CT molecular complexity index is 429. The molecule has 0 aromatic carbocycles. The molecule has 19 heavy (non-hydrogen) atoms. The fourth-order valence-electron chi connectivity index (χ4n) is 2.00. The van der Waals surface area contributed by atoms with Crippen molar-refractivity contribution >= 4 is 5.97 Å². The molecular formula is C13H23N3O3. The molecule has 0 atom stereocenters. The van der Waals surface area contributed by atoms with Crippen LogP contribution in [-0.2, 0) is 22.6 Å². The van der Waals surface area contributed by atoms with Crippen LogP contribution in [0.4, 0.5) is 0 Å². The maximum Gasteiger partial charge on any atom is 0.307 e. The fourth-order valence-corrected chi connectivity index (χ4v) is 2.00. The van der Waals surface area contributed by atoms with E-state index in [1.807, 2.05) is 30.5 Å². The summed E-state index contributed by atoms with van der Waals surface area (Å²) in [5, 5.41) is 13.4. The van der Waals surface area contributed by atoms with Gasteiger partial charge >= 0.3 is 5.97 Å². The lowest BCUT2D eigenvalue weighted by atomic mass is 10.2. The number of rotatable bonds is 7. The van der Waals surface area contributed by atoms with Crippen LogP contribution in [-0.4, -0.2) is 53.1 Å². The first kappa shape index (κ1) is 15.7. The second kappa shape index (κ2) is 7.25. The first-order chi connectivity index (χ1) is 8.99. The Morgan fingerprint density at radius 2 is 2.16 bits per heavy atom. The molecule has 0 unspecified atom stereocenters. The SMILES string of the molecule is COC(=O)CCn1nc(C)c(CN(C)CCO)c1C. The number of aryl methyl sites for hydroxylation is 2. The standard InChI is InChI=1S/C13H23N3O3/c1-10-12(9-15(3)7-8-17)11(2)16(14-10)6-5-13(18)19-4/h17H,5-9H2,1-4H3. The lowest BCUT2D eigenvalue weighted by molar-refractivity contribution is -0.140. The van der Waals surface area contributed by atoms with Gasteiger partial charge in [-0.25, -0.2) is 0 Å². The van der Waals surface area contributed by atoms with E-state index in [1.54, 1.807) is 0 Å². The lowest BCUT2D eigenvalue weighted by Crippen LogP contribution is -2.22. The van der Waals surface area contributed by atoms with E-state index in [0.717, 1.165) is 23.5 Å². The molecule has 0 radical (unpaired) electrons. The summed E-state index contributed by atoms with van der Waals surface area (Å²) < 4.78 is 6.47. The Morgan fingerprint density at radius 3 is 2.74 bits per heavy atom. The zero-order valence-electron chi connectivity index (χ0n) is 12.1. The summed E-state index contributed by atoms with van der Waals surface area (Å²) in [6.07, 6.45) is 0.324. The number of ether oxygens (including phenoxy) is 1. The molecular weight excluding hydrogens is 246 g/mol. The van der Waals surface area contributed by atoms with E-state index in [2.05, 4.69) is 9.84 Å². The molecule has 1 rings (SSSR count). The van der Waals surface area contributed by atoms with Crippen LogP contribution in [0.3, 0.4) is 0 Å². The number of hydrogen-bond donors (Lipinski definition) is 1. The van der Waals surface area contributed by atoms with Crippen molar-refractivity contribution in [2.24, 2.45) is 0 Å². The molecule has 0 spiro atoms. The molecule has 1 heterocycles. The van der Waals surface area contributed by atoms with Crippen LogP contribution in [0.2, 0.25) is 0 Å². The molecule has 1 aromatic rings. The summed E-state index contributed by atoms with van der Waals surface area (Å²) in [6, 6.07) is 0. The highest BCUT2D eigenvalue weighted by Gasteiger charge is 2.14. The summed E-state index contributed by atoms with van der Waals surface area (Å²) >= 11 is 0. The summed E-state index contributed by atoms with van der Waals surface area (Å²) in [4.78, 5) is 13.2. The van der Waals surface area contributed by atoms with Gasteiger partial charge in [-0.1, -0.05) is 0 Å². The fraction of sp³-hybridized carbons (Fsp3) is 0.692. The van der Waals surface area contributed by atoms with Crippen LogP contribution in [0.15, 0.2) is 0 Å². The zero-order valence-corrected chi connectivity index (χ0v) is 12.1. The van der Waals surface area contributed by atoms with Crippen LogP contribution in [0.1, 0.15) is 23.4 Å². The van der Waals surface area contributed by atoms with Gasteiger partial charge in [0.15, 0.2) is 0 Å². The molecule has 6 heteroatoms. The number of nitrogens with zero attached hydrogens (tertiary/aromatic N) is 3. The van der Waals surface area contributed by atoms with Crippen molar-refractivity contribution in [2.75, 3.05) is 27.3 Å². The molecule has 0 fully saturated rings. The van der Waals surface area contributed by atoms with Crippen molar-refractivity contribution in [1.29, 1.82) is 0 Å². The molecule has 0 aliphatic rings. The van der Waals surface area contributed by atoms with Crippen molar-refractivity contribution in [3.05, 3.63) is 17.0 Å². The van der Waals surface area contributed by atoms with E-state index in [-0.39, 0.29) is 12.6 Å². The highest BCUT2D eigenvalue weighted by Crippen LogP contribution is 2.15. The number of carbonyl (C=O) groups is 1. The van der Waals surface area contributed by atoms with Gasteiger partial charge < -0.3 is 9.84 Å². The Kier molecular flexibility index (Phi) is 5.98. The molecule has 0 saturated carbocycles. The maximum atomic E-state index is 11.2. The van der Waals surface area contributed by atoms with Gasteiger partial charge in [-0.2, -0.15) is 5.10 Å². The van der Waals surface area contributed by atoms with Crippen LogP contribution < -0.4 is 0 Å². The highest BCUT2D eigenvalue weighted by atomic mass is 16.5. The van der Waals surface area contributed by atoms with Crippen molar-refractivity contribution < 1.29 is 14.6 Å². The number of hydrogen-bond acceptors (Lipinski definition) is 5. The molecule has 0 amide bonds. The van der Waals surface area contributed by atoms with E-state index >= 15 is 0 Å². The van der Waals surface area contributed by atoms with E-state index in [9.17, 15) is 4.79 Å². The van der Waals surface area contributed by atoms with Gasteiger partial charge in [0.2, 0.25) is 0 Å². The Morgan fingerprint density at radius 1 is 1.47 bits per heavy atom. The normalized spacial score (nSPS) is 11.1. The zero-order chi connectivity index (χ0) is 14.4. The second-order valence-electron chi connectivity index (χ2n) is 4.66. The number of aliphatic hydroxyl groups excluding tert-OH is 1. The molecule has 108 valence electrons. The van der Waals surface area contributed by atoms with Crippen LogP contribution in [0.25, 0.3) is 0 Å². The average Bonchev–Trinajstić information content (AvgIpc) is 2.64. The van der Waals surface area contributed by atoms with Crippen molar-refractivity contribution in [3.8, 4) is 0 Å². The Hall–Kier alpha value is -1.40. The van der Waals surface area contributed by atoms with Gasteiger partial charge in [0.05, 0.1) is 32.4 Å². The van der Waals surface area contributed by atoms with Crippen LogP contribution >= 0.6 is 0 Å². The van der Waals surface area contributed by atoms with E-state index in [1.165, 1.54) is 7.11 Å². The quantitative estimate of drug-likeness (QED) is 0.730. The number of esters is 1. The Balaban J connectivity index is 2.73. The number of carbonyl (C=O) groups excluding carboxylic acids is 1. The van der Waals surface area contributed by atoms with E-state index in [0.29, 0.717) is 19.5 Å². The van der Waals surface area contributed by atoms with Gasteiger partial charge in [0, 0.05) is 24.3 Å². The van der Waals surface area contributed by atoms with Crippen molar-refractivity contribution in [1.82, 2.24) is 14.7 Å². The van der Waals surface area contributed by atoms with Gasteiger partial charge in [0.25, 0.3) is 0 Å². The minimum Gasteiger partial charge on any atom is -0.469 e. The lowest BCUT2D eigenvalue weighted by Gasteiger charge is -2.15. The second-order valence-corrected chi connectivity index (χ2v) is 4.66. The van der Waals surface area contributed by atoms with Gasteiger partial charge in [-0.05, 0) is 20.9 Å². The Labute approximate surface area is 114 Å². The molecule has 1 N–H and O–H groups in total. The van der Waals surface area contributed by atoms with Crippen LogP contribution in [0, 0.1) is 13.8 Å². The average molecular weight is 269 g/mol. The van der Waals surface area contributed by atoms with Crippen molar-refractivity contribution in [3.63, 3.8) is 0 Å². The summed E-state index contributed by atoms with van der Waals surface area (Å²) in [5.41, 5.74) is 3.18. The van der Waals surface area contributed by atoms with Crippen molar-refractivity contribution in [2.45, 2.75) is 33.4 Å². The molecule has 0 aliphatic carbocycles. The summed E-state index contributed by atoms with van der Waals surface area (Å²) in [7, 11) is 3.35. The predicted octanol–water partition coefficient (Wildman–Crippen LogP) is 0.487. The molecule has 0 bridgehead atoms.